The summed E-state index contributed by atoms with van der Waals surface area (Å²) in [7, 11) is 0. The second kappa shape index (κ2) is 7.69. The standard InChI is InChI=1S/C18H18F3N3O5.Na.H/c1-8(25)23-6-11-5-10(13(17(28)29)24-12(11)14(23)16(24)27)4-9-2-3-22(15(9)26)7-18(19,20)21;;/h4,11-12,14H,2-3,5-7H2,1H3,(H,28,29);;/q;+1;-1/b9-4+;;/t11-,12-,14+;;/m1../s1. The van der Waals surface area contributed by atoms with Crippen molar-refractivity contribution in [1.29, 1.82) is 0 Å². The summed E-state index contributed by atoms with van der Waals surface area (Å²) in [6, 6.07) is -1.09. The van der Waals surface area contributed by atoms with Gasteiger partial charge in [-0.2, -0.15) is 13.2 Å². The number of alkyl halides is 3. The van der Waals surface area contributed by atoms with Crippen LogP contribution in [0.1, 0.15) is 21.2 Å². The predicted octanol–water partition coefficient (Wildman–Crippen LogP) is -2.38. The van der Waals surface area contributed by atoms with Crippen molar-refractivity contribution in [2.24, 2.45) is 5.92 Å². The Kier molecular flexibility index (Phi) is 5.85. The molecule has 4 aliphatic heterocycles. The average molecular weight is 437 g/mol. The van der Waals surface area contributed by atoms with Gasteiger partial charge in [-0.15, -0.1) is 0 Å². The molecule has 3 atom stereocenters. The van der Waals surface area contributed by atoms with Gasteiger partial charge in [0.1, 0.15) is 18.3 Å². The van der Waals surface area contributed by atoms with Gasteiger partial charge < -0.3 is 16.3 Å². The van der Waals surface area contributed by atoms with Crippen molar-refractivity contribution < 1.29 is 68.4 Å². The summed E-state index contributed by atoms with van der Waals surface area (Å²) in [6.45, 7) is 0.169. The van der Waals surface area contributed by atoms with Crippen LogP contribution in [0.25, 0.3) is 0 Å². The number of carboxylic acid groups (broad SMARTS) is 1. The molecule has 3 saturated heterocycles. The molecule has 158 valence electrons. The number of likely N-dealkylation sites (tertiary alicyclic amines) is 2. The molecule has 0 saturated carbocycles. The van der Waals surface area contributed by atoms with Gasteiger partial charge in [0.2, 0.25) is 11.8 Å². The smallest absolute Gasteiger partial charge is 1.00 e. The minimum Gasteiger partial charge on any atom is -1.00 e. The Morgan fingerprint density at radius 1 is 1.30 bits per heavy atom. The zero-order valence-corrected chi connectivity index (χ0v) is 18.4. The van der Waals surface area contributed by atoms with Crippen molar-refractivity contribution in [3.05, 3.63) is 22.9 Å². The molecule has 3 fully saturated rings. The van der Waals surface area contributed by atoms with Crippen LogP contribution < -0.4 is 29.6 Å². The third-order valence-electron chi connectivity index (χ3n) is 5.93. The van der Waals surface area contributed by atoms with Gasteiger partial charge in [0.05, 0.1) is 6.04 Å². The molecule has 8 nitrogen and oxygen atoms in total. The first-order chi connectivity index (χ1) is 13.5. The van der Waals surface area contributed by atoms with Crippen molar-refractivity contribution >= 4 is 23.7 Å². The van der Waals surface area contributed by atoms with E-state index in [0.29, 0.717) is 11.4 Å². The molecule has 1 N–H and O–H groups in total. The Labute approximate surface area is 193 Å². The predicted molar refractivity (Wildman–Crippen MR) is 91.0 cm³/mol. The molecule has 0 aromatic heterocycles. The SMILES string of the molecule is CC(=O)N1C[C@H]2CC(/C=C3\CCN(CC(F)(F)F)C3=O)=C(C(=O)O)N3C(=O)[C@@H]1[C@@H]23.[H-].[Na+]. The van der Waals surface area contributed by atoms with Crippen LogP contribution >= 0.6 is 0 Å². The summed E-state index contributed by atoms with van der Waals surface area (Å²) in [5, 5.41) is 9.66. The number of β-lactam (4-membered cyclic amide) rings is 1. The maximum atomic E-state index is 12.6. The molecule has 0 aromatic rings. The maximum Gasteiger partial charge on any atom is 1.00 e. The first-order valence-corrected chi connectivity index (χ1v) is 9.13. The second-order valence-electron chi connectivity index (χ2n) is 7.72. The molecule has 4 aliphatic rings. The van der Waals surface area contributed by atoms with E-state index in [9.17, 15) is 37.5 Å². The van der Waals surface area contributed by atoms with Crippen LogP contribution in [0, 0.1) is 5.92 Å². The number of hydrogen-bond donors (Lipinski definition) is 1. The number of halogens is 3. The first kappa shape index (κ1) is 22.8. The molecule has 0 radical (unpaired) electrons. The number of carboxylic acids is 1. The van der Waals surface area contributed by atoms with E-state index in [4.69, 9.17) is 0 Å². The van der Waals surface area contributed by atoms with Crippen LogP contribution in [-0.4, -0.2) is 81.4 Å². The zero-order chi connectivity index (χ0) is 21.2. The Bertz CT molecular complexity index is 906. The van der Waals surface area contributed by atoms with Gasteiger partial charge in [-0.05, 0) is 24.5 Å². The Balaban J connectivity index is 0.00000171. The van der Waals surface area contributed by atoms with Crippen molar-refractivity contribution in [3.8, 4) is 0 Å². The van der Waals surface area contributed by atoms with Crippen LogP contribution in [0.5, 0.6) is 0 Å². The van der Waals surface area contributed by atoms with E-state index in [-0.39, 0.29) is 79.0 Å². The van der Waals surface area contributed by atoms with Crippen LogP contribution in [0.2, 0.25) is 0 Å². The fourth-order valence-corrected chi connectivity index (χ4v) is 4.80. The summed E-state index contributed by atoms with van der Waals surface area (Å²) in [5.41, 5.74) is 0.0630. The summed E-state index contributed by atoms with van der Waals surface area (Å²) in [5.74, 6) is -3.08. The molecule has 0 bridgehead atoms. The van der Waals surface area contributed by atoms with E-state index in [2.05, 4.69) is 0 Å². The maximum absolute atomic E-state index is 12.6. The van der Waals surface area contributed by atoms with Gasteiger partial charge in [-0.3, -0.25) is 19.3 Å². The number of allylic oxidation sites excluding steroid dienone is 2. The van der Waals surface area contributed by atoms with Gasteiger partial charge in [-0.25, -0.2) is 4.79 Å². The Morgan fingerprint density at radius 2 is 1.97 bits per heavy atom. The van der Waals surface area contributed by atoms with Gasteiger partial charge in [0, 0.05) is 31.5 Å². The Hall–Kier alpha value is -1.85. The van der Waals surface area contributed by atoms with Crippen molar-refractivity contribution in [3.63, 3.8) is 0 Å². The number of amides is 3. The van der Waals surface area contributed by atoms with Crippen molar-refractivity contribution in [2.45, 2.75) is 38.0 Å². The topological polar surface area (TPSA) is 98.2 Å². The quantitative estimate of drug-likeness (QED) is 0.302. The molecular weight excluding hydrogens is 418 g/mol. The van der Waals surface area contributed by atoms with Gasteiger partial charge >= 0.3 is 41.7 Å². The molecule has 0 spiro atoms. The summed E-state index contributed by atoms with van der Waals surface area (Å²) < 4.78 is 37.8. The van der Waals surface area contributed by atoms with E-state index in [1.54, 1.807) is 0 Å². The molecule has 0 unspecified atom stereocenters. The van der Waals surface area contributed by atoms with E-state index < -0.39 is 42.6 Å². The summed E-state index contributed by atoms with van der Waals surface area (Å²) in [6.07, 6.45) is -2.91. The van der Waals surface area contributed by atoms with Gasteiger partial charge in [0.25, 0.3) is 5.91 Å². The first-order valence-electron chi connectivity index (χ1n) is 9.13. The summed E-state index contributed by atoms with van der Waals surface area (Å²) >= 11 is 0. The van der Waals surface area contributed by atoms with Crippen LogP contribution in [-0.2, 0) is 19.2 Å². The van der Waals surface area contributed by atoms with Crippen LogP contribution in [0.3, 0.4) is 0 Å². The number of carbonyl (C=O) groups excluding carboxylic acids is 3. The molecule has 4 rings (SSSR count). The van der Waals surface area contributed by atoms with Gasteiger partial charge in [0.15, 0.2) is 0 Å². The van der Waals surface area contributed by atoms with Crippen molar-refractivity contribution in [2.75, 3.05) is 19.6 Å². The third-order valence-corrected chi connectivity index (χ3v) is 5.93. The average Bonchev–Trinajstić information content (AvgIpc) is 3.13. The summed E-state index contributed by atoms with van der Waals surface area (Å²) in [4.78, 5) is 51.8. The van der Waals surface area contributed by atoms with Crippen molar-refractivity contribution in [1.82, 2.24) is 14.7 Å². The molecule has 0 aromatic carbocycles. The molecule has 30 heavy (non-hydrogen) atoms. The zero-order valence-electron chi connectivity index (χ0n) is 17.4. The molecule has 3 amide bonds. The minimum atomic E-state index is -4.52. The number of aliphatic carboxylic acids is 1. The number of hydrogen-bond acceptors (Lipinski definition) is 4. The number of rotatable bonds is 3. The van der Waals surface area contributed by atoms with Gasteiger partial charge in [-0.1, -0.05) is 0 Å². The van der Waals surface area contributed by atoms with E-state index in [1.807, 2.05) is 0 Å². The van der Waals surface area contributed by atoms with Crippen LogP contribution in [0.15, 0.2) is 22.9 Å². The minimum absolute atomic E-state index is 0. The fraction of sp³-hybridized carbons (Fsp3) is 0.556. The molecule has 0 aliphatic carbocycles. The van der Waals surface area contributed by atoms with E-state index in [1.165, 1.54) is 17.9 Å². The fourth-order valence-electron chi connectivity index (χ4n) is 4.80. The number of nitrogens with zero attached hydrogens (tertiary/aromatic N) is 3. The molecule has 12 heteroatoms. The second-order valence-corrected chi connectivity index (χ2v) is 7.72. The van der Waals surface area contributed by atoms with E-state index in [0.717, 1.165) is 4.90 Å². The number of carbonyl (C=O) groups is 4. The molecular formula is C18H19F3N3NaO5. The monoisotopic (exact) mass is 437 g/mol. The Morgan fingerprint density at radius 3 is 2.53 bits per heavy atom. The largest absolute Gasteiger partial charge is 1.00 e. The van der Waals surface area contributed by atoms with Crippen LogP contribution in [0.4, 0.5) is 13.2 Å². The van der Waals surface area contributed by atoms with E-state index >= 15 is 0 Å². The third kappa shape index (κ3) is 3.56. The molecule has 4 heterocycles. The normalized spacial score (nSPS) is 29.3.